The summed E-state index contributed by atoms with van der Waals surface area (Å²) < 4.78 is 0. The summed E-state index contributed by atoms with van der Waals surface area (Å²) in [7, 11) is 0. The molecule has 0 aromatic carbocycles. The number of tetrazole rings is 1. The normalized spacial score (nSPS) is 12.6. The van der Waals surface area contributed by atoms with E-state index in [1.54, 1.807) is 6.92 Å². The summed E-state index contributed by atoms with van der Waals surface area (Å²) in [6.45, 7) is 1.73. The molecule has 2 aromatic heterocycles. The molecule has 0 saturated carbocycles. The average Bonchev–Trinajstić information content (AvgIpc) is 2.86. The standard InChI is InChI=1S/C9H10N4O2S/c1-2-7(9(14)15)13-11-8(10-12-13)6-3-4-16-5-6/h3-5,7H,2H2,1H3,(H,14,15)/p-1/t7-/m1/s1. The number of rotatable bonds is 4. The van der Waals surface area contributed by atoms with Crippen LogP contribution in [0.3, 0.4) is 0 Å². The highest BCUT2D eigenvalue weighted by molar-refractivity contribution is 7.08. The van der Waals surface area contributed by atoms with Crippen LogP contribution >= 0.6 is 11.3 Å². The van der Waals surface area contributed by atoms with Crippen LogP contribution in [0.2, 0.25) is 0 Å². The quantitative estimate of drug-likeness (QED) is 0.753. The van der Waals surface area contributed by atoms with Crippen molar-refractivity contribution in [1.29, 1.82) is 0 Å². The molecule has 7 heteroatoms. The number of carboxylic acids is 1. The minimum absolute atomic E-state index is 0.363. The van der Waals surface area contributed by atoms with Gasteiger partial charge in [0.25, 0.3) is 0 Å². The highest BCUT2D eigenvalue weighted by Gasteiger charge is 2.14. The lowest BCUT2D eigenvalue weighted by atomic mass is 10.2. The Labute approximate surface area is 95.5 Å². The van der Waals surface area contributed by atoms with Gasteiger partial charge in [0.05, 0.1) is 5.97 Å². The molecule has 0 amide bonds. The van der Waals surface area contributed by atoms with Gasteiger partial charge >= 0.3 is 0 Å². The average molecular weight is 237 g/mol. The molecule has 0 N–H and O–H groups in total. The van der Waals surface area contributed by atoms with E-state index in [0.717, 1.165) is 10.4 Å². The molecule has 6 nitrogen and oxygen atoms in total. The molecule has 0 aliphatic carbocycles. The predicted molar refractivity (Wildman–Crippen MR) is 55.5 cm³/mol. The van der Waals surface area contributed by atoms with E-state index >= 15 is 0 Å². The summed E-state index contributed by atoms with van der Waals surface area (Å²) in [6.07, 6.45) is 0.363. The van der Waals surface area contributed by atoms with Gasteiger partial charge in [-0.2, -0.15) is 16.1 Å². The van der Waals surface area contributed by atoms with Gasteiger partial charge < -0.3 is 9.90 Å². The zero-order valence-electron chi connectivity index (χ0n) is 8.53. The van der Waals surface area contributed by atoms with Crippen LogP contribution in [-0.2, 0) is 4.79 Å². The van der Waals surface area contributed by atoms with Crippen molar-refractivity contribution < 1.29 is 9.90 Å². The maximum atomic E-state index is 10.8. The Morgan fingerprint density at radius 1 is 1.69 bits per heavy atom. The fraction of sp³-hybridized carbons (Fsp3) is 0.333. The first-order valence-corrected chi connectivity index (χ1v) is 5.69. The fourth-order valence-corrected chi connectivity index (χ4v) is 1.92. The van der Waals surface area contributed by atoms with Gasteiger partial charge in [0, 0.05) is 10.9 Å². The maximum absolute atomic E-state index is 10.8. The van der Waals surface area contributed by atoms with Gasteiger partial charge in [0.15, 0.2) is 0 Å². The van der Waals surface area contributed by atoms with Gasteiger partial charge in [-0.3, -0.25) is 0 Å². The summed E-state index contributed by atoms with van der Waals surface area (Å²) in [6, 6.07) is 0.992. The number of carbonyl (C=O) groups is 1. The predicted octanol–water partition coefficient (Wildman–Crippen LogP) is 0.103. The minimum atomic E-state index is -1.20. The molecular weight excluding hydrogens is 228 g/mol. The Morgan fingerprint density at radius 2 is 2.50 bits per heavy atom. The summed E-state index contributed by atoms with van der Waals surface area (Å²) in [5, 5.41) is 26.1. The van der Waals surface area contributed by atoms with Gasteiger partial charge in [0.1, 0.15) is 6.04 Å². The molecule has 0 unspecified atom stereocenters. The SMILES string of the molecule is CC[C@H](C(=O)[O-])n1nnc(-c2ccsc2)n1. The van der Waals surface area contributed by atoms with E-state index in [1.807, 2.05) is 16.8 Å². The van der Waals surface area contributed by atoms with Crippen LogP contribution in [0, 0.1) is 0 Å². The maximum Gasteiger partial charge on any atom is 0.205 e. The Hall–Kier alpha value is -1.76. The molecule has 0 aliphatic heterocycles. The Balaban J connectivity index is 2.29. The van der Waals surface area contributed by atoms with E-state index in [9.17, 15) is 9.90 Å². The number of carboxylic acid groups (broad SMARTS) is 1. The lowest BCUT2D eigenvalue weighted by molar-refractivity contribution is -0.311. The lowest BCUT2D eigenvalue weighted by Gasteiger charge is -2.13. The number of hydrogen-bond acceptors (Lipinski definition) is 6. The number of aromatic nitrogens is 4. The highest BCUT2D eigenvalue weighted by atomic mass is 32.1. The summed E-state index contributed by atoms with van der Waals surface area (Å²) in [4.78, 5) is 11.9. The smallest absolute Gasteiger partial charge is 0.205 e. The molecule has 0 saturated heterocycles. The number of carbonyl (C=O) groups excluding carboxylic acids is 1. The second-order valence-electron chi connectivity index (χ2n) is 3.19. The number of hydrogen-bond donors (Lipinski definition) is 0. The van der Waals surface area contributed by atoms with Crippen molar-refractivity contribution in [3.63, 3.8) is 0 Å². The van der Waals surface area contributed by atoms with Crippen molar-refractivity contribution >= 4 is 17.3 Å². The highest BCUT2D eigenvalue weighted by Crippen LogP contribution is 2.17. The largest absolute Gasteiger partial charge is 0.548 e. The Kier molecular flexibility index (Phi) is 2.95. The van der Waals surface area contributed by atoms with Crippen molar-refractivity contribution in [3.8, 4) is 11.4 Å². The first kappa shape index (κ1) is 10.7. The second kappa shape index (κ2) is 4.40. The third-order valence-corrected chi connectivity index (χ3v) is 2.83. The molecule has 84 valence electrons. The van der Waals surface area contributed by atoms with Crippen LogP contribution in [0.4, 0.5) is 0 Å². The van der Waals surface area contributed by atoms with Gasteiger partial charge in [-0.15, -0.1) is 10.2 Å². The molecule has 2 heterocycles. The summed E-state index contributed by atoms with van der Waals surface area (Å²) in [5.74, 6) is -0.766. The minimum Gasteiger partial charge on any atom is -0.548 e. The monoisotopic (exact) mass is 237 g/mol. The summed E-state index contributed by atoms with van der Waals surface area (Å²) in [5.41, 5.74) is 0.837. The molecule has 0 radical (unpaired) electrons. The molecular formula is C9H9N4O2S-. The van der Waals surface area contributed by atoms with Gasteiger partial charge in [0.2, 0.25) is 5.82 Å². The summed E-state index contributed by atoms with van der Waals surface area (Å²) >= 11 is 1.52. The Bertz CT molecular complexity index is 479. The van der Waals surface area contributed by atoms with Crippen molar-refractivity contribution in [2.24, 2.45) is 0 Å². The molecule has 1 atom stereocenters. The molecule has 0 spiro atoms. The van der Waals surface area contributed by atoms with Crippen LogP contribution in [0.25, 0.3) is 11.4 Å². The first-order valence-electron chi connectivity index (χ1n) is 4.75. The van der Waals surface area contributed by atoms with E-state index in [-0.39, 0.29) is 0 Å². The van der Waals surface area contributed by atoms with Crippen LogP contribution in [0.5, 0.6) is 0 Å². The van der Waals surface area contributed by atoms with E-state index < -0.39 is 12.0 Å². The van der Waals surface area contributed by atoms with Gasteiger partial charge in [-0.1, -0.05) is 6.92 Å². The Morgan fingerprint density at radius 3 is 3.06 bits per heavy atom. The third kappa shape index (κ3) is 1.94. The van der Waals surface area contributed by atoms with Crippen LogP contribution < -0.4 is 5.11 Å². The zero-order valence-corrected chi connectivity index (χ0v) is 9.35. The molecule has 2 aromatic rings. The molecule has 0 aliphatic rings. The van der Waals surface area contributed by atoms with E-state index in [1.165, 1.54) is 11.3 Å². The fourth-order valence-electron chi connectivity index (χ4n) is 1.29. The van der Waals surface area contributed by atoms with Crippen LogP contribution in [0.1, 0.15) is 19.4 Å². The van der Waals surface area contributed by atoms with Crippen molar-refractivity contribution in [2.45, 2.75) is 19.4 Å². The molecule has 2 rings (SSSR count). The third-order valence-electron chi connectivity index (χ3n) is 2.15. The van der Waals surface area contributed by atoms with E-state index in [2.05, 4.69) is 15.4 Å². The lowest BCUT2D eigenvalue weighted by Crippen LogP contribution is -2.34. The van der Waals surface area contributed by atoms with Crippen molar-refractivity contribution in [1.82, 2.24) is 20.2 Å². The molecule has 0 fully saturated rings. The first-order chi connectivity index (χ1) is 7.72. The topological polar surface area (TPSA) is 83.7 Å². The molecule has 0 bridgehead atoms. The number of thiophene rings is 1. The second-order valence-corrected chi connectivity index (χ2v) is 3.97. The molecule has 16 heavy (non-hydrogen) atoms. The number of aliphatic carboxylic acids is 1. The van der Waals surface area contributed by atoms with Gasteiger partial charge in [-0.25, -0.2) is 0 Å². The van der Waals surface area contributed by atoms with E-state index in [4.69, 9.17) is 0 Å². The van der Waals surface area contributed by atoms with Crippen molar-refractivity contribution in [2.75, 3.05) is 0 Å². The van der Waals surface area contributed by atoms with Crippen LogP contribution in [0.15, 0.2) is 16.8 Å². The van der Waals surface area contributed by atoms with Crippen LogP contribution in [-0.4, -0.2) is 26.2 Å². The van der Waals surface area contributed by atoms with Gasteiger partial charge in [-0.05, 0) is 23.1 Å². The van der Waals surface area contributed by atoms with E-state index in [0.29, 0.717) is 12.2 Å². The number of nitrogens with zero attached hydrogens (tertiary/aromatic N) is 4. The van der Waals surface area contributed by atoms with Crippen molar-refractivity contribution in [3.05, 3.63) is 16.8 Å². The zero-order chi connectivity index (χ0) is 11.5.